The molecule has 8 heteroatoms. The highest BCUT2D eigenvalue weighted by molar-refractivity contribution is 7.93. The molecule has 0 fully saturated rings. The number of anilines is 2. The summed E-state index contributed by atoms with van der Waals surface area (Å²) in [6.07, 6.45) is 0.668. The molecule has 0 aromatic heterocycles. The van der Waals surface area contributed by atoms with Gasteiger partial charge < -0.3 is 0 Å². The Morgan fingerprint density at radius 1 is 0.727 bits per heavy atom. The predicted octanol–water partition coefficient (Wildman–Crippen LogP) is 4.78. The molecule has 1 aliphatic heterocycles. The number of hydrogen-bond donors (Lipinski definition) is 1. The molecule has 0 saturated carbocycles. The summed E-state index contributed by atoms with van der Waals surface area (Å²) in [6, 6.07) is 13.3. The van der Waals surface area contributed by atoms with Crippen molar-refractivity contribution in [2.24, 2.45) is 0 Å². The molecule has 3 aromatic rings. The van der Waals surface area contributed by atoms with Crippen LogP contribution in [0, 0.1) is 34.6 Å². The van der Waals surface area contributed by atoms with E-state index in [1.165, 1.54) is 28.6 Å². The maximum Gasteiger partial charge on any atom is 0.264 e. The molecule has 1 aliphatic rings. The van der Waals surface area contributed by atoms with Gasteiger partial charge in [-0.2, -0.15) is 0 Å². The summed E-state index contributed by atoms with van der Waals surface area (Å²) in [5, 5.41) is 0. The summed E-state index contributed by atoms with van der Waals surface area (Å²) in [5.41, 5.74) is 6.42. The third-order valence-corrected chi connectivity index (χ3v) is 10.2. The summed E-state index contributed by atoms with van der Waals surface area (Å²) in [6.45, 7) is 9.85. The number of hydrogen-bond acceptors (Lipinski definition) is 4. The van der Waals surface area contributed by atoms with E-state index in [4.69, 9.17) is 0 Å². The highest BCUT2D eigenvalue weighted by Gasteiger charge is 2.30. The van der Waals surface area contributed by atoms with Crippen molar-refractivity contribution >= 4 is 31.4 Å². The second-order valence-electron chi connectivity index (χ2n) is 8.54. The minimum absolute atomic E-state index is 0.122. The van der Waals surface area contributed by atoms with E-state index in [1.54, 1.807) is 6.07 Å². The molecule has 0 unspecified atom stereocenters. The standard InChI is InChI=1S/C25H28N2O4S2/c1-16-17(2)19(4)25(20(5)18(16)3)32(28,29)26-22-10-12-23(13-11-22)33(30,31)27-15-14-21-8-6-7-9-24(21)27/h6-13,26H,14-15H2,1-5H3. The average Bonchev–Trinajstić information content (AvgIpc) is 3.21. The first-order valence-corrected chi connectivity index (χ1v) is 13.7. The number of nitrogens with one attached hydrogen (secondary N) is 1. The Hall–Kier alpha value is -2.84. The Balaban J connectivity index is 1.64. The lowest BCUT2D eigenvalue weighted by molar-refractivity contribution is 0.592. The van der Waals surface area contributed by atoms with Gasteiger partial charge in [0.25, 0.3) is 20.0 Å². The van der Waals surface area contributed by atoms with E-state index in [9.17, 15) is 16.8 Å². The summed E-state index contributed by atoms with van der Waals surface area (Å²) < 4.78 is 56.9. The first-order valence-electron chi connectivity index (χ1n) is 10.8. The summed E-state index contributed by atoms with van der Waals surface area (Å²) in [5.74, 6) is 0. The van der Waals surface area contributed by atoms with Gasteiger partial charge in [-0.1, -0.05) is 18.2 Å². The summed E-state index contributed by atoms with van der Waals surface area (Å²) >= 11 is 0. The summed E-state index contributed by atoms with van der Waals surface area (Å²) in [7, 11) is -7.59. The smallest absolute Gasteiger partial charge is 0.264 e. The zero-order valence-electron chi connectivity index (χ0n) is 19.4. The van der Waals surface area contributed by atoms with E-state index in [0.29, 0.717) is 24.3 Å². The molecule has 0 saturated heterocycles. The van der Waals surface area contributed by atoms with Crippen LogP contribution in [0.25, 0.3) is 0 Å². The van der Waals surface area contributed by atoms with Gasteiger partial charge in [0.1, 0.15) is 0 Å². The molecule has 0 spiro atoms. The monoisotopic (exact) mass is 484 g/mol. The normalized spacial score (nSPS) is 13.8. The number of nitrogens with zero attached hydrogens (tertiary/aromatic N) is 1. The van der Waals surface area contributed by atoms with Gasteiger partial charge in [0, 0.05) is 12.2 Å². The second kappa shape index (κ2) is 8.18. The fraction of sp³-hybridized carbons (Fsp3) is 0.280. The molecule has 3 aromatic carbocycles. The fourth-order valence-electron chi connectivity index (χ4n) is 4.45. The van der Waals surface area contributed by atoms with Crippen molar-refractivity contribution in [1.82, 2.24) is 0 Å². The quantitative estimate of drug-likeness (QED) is 0.565. The van der Waals surface area contributed by atoms with Crippen molar-refractivity contribution in [2.75, 3.05) is 15.6 Å². The second-order valence-corrected chi connectivity index (χ2v) is 12.0. The first-order chi connectivity index (χ1) is 15.4. The van der Waals surface area contributed by atoms with Gasteiger partial charge >= 0.3 is 0 Å². The molecule has 0 amide bonds. The Kier molecular flexibility index (Phi) is 5.78. The molecule has 0 aliphatic carbocycles. The molecule has 0 bridgehead atoms. The van der Waals surface area contributed by atoms with Gasteiger partial charge in [0.05, 0.1) is 15.5 Å². The maximum atomic E-state index is 13.2. The highest BCUT2D eigenvalue weighted by Crippen LogP contribution is 2.34. The topological polar surface area (TPSA) is 83.5 Å². The predicted molar refractivity (Wildman–Crippen MR) is 132 cm³/mol. The van der Waals surface area contributed by atoms with Crippen LogP contribution in [0.2, 0.25) is 0 Å². The molecule has 174 valence electrons. The number of sulfonamides is 2. The zero-order valence-corrected chi connectivity index (χ0v) is 21.1. The molecule has 1 heterocycles. The van der Waals surface area contributed by atoms with E-state index in [1.807, 2.05) is 52.8 Å². The third kappa shape index (κ3) is 3.91. The van der Waals surface area contributed by atoms with Crippen molar-refractivity contribution in [1.29, 1.82) is 0 Å². The highest BCUT2D eigenvalue weighted by atomic mass is 32.2. The lowest BCUT2D eigenvalue weighted by Crippen LogP contribution is -2.29. The summed E-state index contributed by atoms with van der Waals surface area (Å²) in [4.78, 5) is 0.394. The molecule has 33 heavy (non-hydrogen) atoms. The molecular formula is C25H28N2O4S2. The van der Waals surface area contributed by atoms with Crippen LogP contribution in [-0.2, 0) is 26.5 Å². The molecule has 0 radical (unpaired) electrons. The van der Waals surface area contributed by atoms with E-state index in [0.717, 1.165) is 33.4 Å². The van der Waals surface area contributed by atoms with Crippen LogP contribution in [0.4, 0.5) is 11.4 Å². The number of para-hydroxylation sites is 1. The van der Waals surface area contributed by atoms with Gasteiger partial charge in [-0.05, 0) is 105 Å². The first kappa shape index (κ1) is 23.3. The van der Waals surface area contributed by atoms with Crippen LogP contribution in [0.15, 0.2) is 58.3 Å². The van der Waals surface area contributed by atoms with Gasteiger partial charge in [-0.15, -0.1) is 0 Å². The Labute approximate surface area is 196 Å². The Bertz CT molecular complexity index is 1430. The van der Waals surface area contributed by atoms with Gasteiger partial charge in [-0.3, -0.25) is 9.03 Å². The third-order valence-electron chi connectivity index (χ3n) is 6.74. The van der Waals surface area contributed by atoms with E-state index in [2.05, 4.69) is 4.72 Å². The molecule has 4 rings (SSSR count). The lowest BCUT2D eigenvalue weighted by Gasteiger charge is -2.20. The molecule has 6 nitrogen and oxygen atoms in total. The molecular weight excluding hydrogens is 456 g/mol. The Morgan fingerprint density at radius 2 is 1.27 bits per heavy atom. The van der Waals surface area contributed by atoms with E-state index < -0.39 is 20.0 Å². The van der Waals surface area contributed by atoms with Crippen molar-refractivity contribution in [2.45, 2.75) is 50.8 Å². The average molecular weight is 485 g/mol. The van der Waals surface area contributed by atoms with E-state index in [-0.39, 0.29) is 9.79 Å². The van der Waals surface area contributed by atoms with Gasteiger partial charge in [0.2, 0.25) is 0 Å². The number of rotatable bonds is 5. The van der Waals surface area contributed by atoms with Crippen LogP contribution in [-0.4, -0.2) is 23.4 Å². The SMILES string of the molecule is Cc1c(C)c(C)c(S(=O)(=O)Nc2ccc(S(=O)(=O)N3CCc4ccccc43)cc2)c(C)c1C. The molecule has 0 atom stereocenters. The fourth-order valence-corrected chi connectivity index (χ4v) is 7.62. The van der Waals surface area contributed by atoms with Crippen LogP contribution in [0.1, 0.15) is 33.4 Å². The molecule has 1 N–H and O–H groups in total. The van der Waals surface area contributed by atoms with Gasteiger partial charge in [0.15, 0.2) is 0 Å². The van der Waals surface area contributed by atoms with Crippen molar-refractivity contribution in [3.63, 3.8) is 0 Å². The number of benzene rings is 3. The van der Waals surface area contributed by atoms with Crippen molar-refractivity contribution in [3.05, 3.63) is 81.9 Å². The van der Waals surface area contributed by atoms with Crippen LogP contribution in [0.5, 0.6) is 0 Å². The number of fused-ring (bicyclic) bond motifs is 1. The van der Waals surface area contributed by atoms with Crippen molar-refractivity contribution in [3.8, 4) is 0 Å². The zero-order chi connectivity index (χ0) is 24.1. The maximum absolute atomic E-state index is 13.2. The lowest BCUT2D eigenvalue weighted by atomic mass is 9.95. The van der Waals surface area contributed by atoms with Gasteiger partial charge in [-0.25, -0.2) is 16.8 Å². The van der Waals surface area contributed by atoms with Crippen LogP contribution in [0.3, 0.4) is 0 Å². The largest absolute Gasteiger partial charge is 0.280 e. The van der Waals surface area contributed by atoms with Crippen LogP contribution < -0.4 is 9.03 Å². The van der Waals surface area contributed by atoms with Crippen LogP contribution >= 0.6 is 0 Å². The van der Waals surface area contributed by atoms with E-state index >= 15 is 0 Å². The minimum atomic E-state index is -3.85. The minimum Gasteiger partial charge on any atom is -0.280 e. The Morgan fingerprint density at radius 3 is 1.88 bits per heavy atom. The van der Waals surface area contributed by atoms with Crippen molar-refractivity contribution < 1.29 is 16.8 Å².